The summed E-state index contributed by atoms with van der Waals surface area (Å²) in [7, 11) is 0. The van der Waals surface area contributed by atoms with Crippen LogP contribution in [0.25, 0.3) is 0 Å². The van der Waals surface area contributed by atoms with E-state index in [2.05, 4.69) is 31.9 Å². The highest BCUT2D eigenvalue weighted by molar-refractivity contribution is 9.25. The molecule has 1 aromatic carbocycles. The van der Waals surface area contributed by atoms with Crippen LogP contribution in [0.4, 0.5) is 0 Å². The lowest BCUT2D eigenvalue weighted by molar-refractivity contribution is 0.468. The Labute approximate surface area is 88.0 Å². The van der Waals surface area contributed by atoms with Gasteiger partial charge in [0.05, 0.1) is 3.23 Å². The van der Waals surface area contributed by atoms with Crippen molar-refractivity contribution in [3.05, 3.63) is 29.8 Å². The smallest absolute Gasteiger partial charge is 0.119 e. The molecule has 1 aliphatic carbocycles. The largest absolute Gasteiger partial charge is 0.508 e. The van der Waals surface area contributed by atoms with E-state index in [1.165, 1.54) is 0 Å². The molecule has 0 heterocycles. The number of phenolic OH excluding ortho intramolecular Hbond substituents is 1. The predicted octanol–water partition coefficient (Wildman–Crippen LogP) is 3.37. The van der Waals surface area contributed by atoms with Gasteiger partial charge in [0, 0.05) is 5.92 Å². The maximum absolute atomic E-state index is 9.51. The Hall–Kier alpha value is -0.0200. The first-order valence-corrected chi connectivity index (χ1v) is 5.35. The fourth-order valence-corrected chi connectivity index (χ4v) is 2.47. The summed E-state index contributed by atoms with van der Waals surface area (Å²) in [6.07, 6.45) is 1.03. The van der Waals surface area contributed by atoms with E-state index in [4.69, 9.17) is 0 Å². The number of aromatic hydroxyl groups is 1. The zero-order chi connectivity index (χ0) is 8.77. The SMILES string of the molecule is Oc1ccccc1C1CC1(Br)Br. The molecule has 3 heteroatoms. The van der Waals surface area contributed by atoms with Gasteiger partial charge in [0.1, 0.15) is 5.75 Å². The van der Waals surface area contributed by atoms with Crippen molar-refractivity contribution in [2.75, 3.05) is 0 Å². The van der Waals surface area contributed by atoms with Gasteiger partial charge in [-0.3, -0.25) is 0 Å². The molecular formula is C9H8Br2O. The van der Waals surface area contributed by atoms with Gasteiger partial charge in [-0.1, -0.05) is 50.1 Å². The van der Waals surface area contributed by atoms with Gasteiger partial charge < -0.3 is 5.11 Å². The van der Waals surface area contributed by atoms with Gasteiger partial charge in [0.25, 0.3) is 0 Å². The van der Waals surface area contributed by atoms with Crippen LogP contribution in [0.15, 0.2) is 24.3 Å². The molecule has 1 aliphatic rings. The molecule has 1 unspecified atom stereocenters. The van der Waals surface area contributed by atoms with E-state index in [9.17, 15) is 5.11 Å². The maximum atomic E-state index is 9.51. The van der Waals surface area contributed by atoms with E-state index in [0.29, 0.717) is 11.7 Å². The Morgan fingerprint density at radius 1 is 1.33 bits per heavy atom. The first-order chi connectivity index (χ1) is 5.61. The van der Waals surface area contributed by atoms with Crippen LogP contribution in [0, 0.1) is 0 Å². The summed E-state index contributed by atoms with van der Waals surface area (Å²) < 4.78 is 0.0266. The average molecular weight is 292 g/mol. The van der Waals surface area contributed by atoms with Crippen LogP contribution in [0.3, 0.4) is 0 Å². The van der Waals surface area contributed by atoms with Crippen LogP contribution in [0.2, 0.25) is 0 Å². The monoisotopic (exact) mass is 290 g/mol. The first-order valence-electron chi connectivity index (χ1n) is 3.77. The van der Waals surface area contributed by atoms with Gasteiger partial charge in [0.2, 0.25) is 0 Å². The number of hydrogen-bond donors (Lipinski definition) is 1. The average Bonchev–Trinajstić information content (AvgIpc) is 2.61. The minimum absolute atomic E-state index is 0.0266. The van der Waals surface area contributed by atoms with Crippen LogP contribution in [-0.2, 0) is 0 Å². The minimum atomic E-state index is 0.0266. The summed E-state index contributed by atoms with van der Waals surface area (Å²) in [5.74, 6) is 0.793. The fraction of sp³-hybridized carbons (Fsp3) is 0.333. The minimum Gasteiger partial charge on any atom is -0.508 e. The molecule has 0 radical (unpaired) electrons. The van der Waals surface area contributed by atoms with Gasteiger partial charge in [0.15, 0.2) is 0 Å². The highest BCUT2D eigenvalue weighted by Gasteiger charge is 2.51. The number of alkyl halides is 2. The fourth-order valence-electron chi connectivity index (χ4n) is 1.33. The normalized spacial score (nSPS) is 25.3. The molecule has 1 N–H and O–H groups in total. The third kappa shape index (κ3) is 1.40. The molecule has 64 valence electrons. The van der Waals surface area contributed by atoms with Crippen molar-refractivity contribution in [1.82, 2.24) is 0 Å². The van der Waals surface area contributed by atoms with Crippen molar-refractivity contribution in [3.8, 4) is 5.75 Å². The Morgan fingerprint density at radius 2 is 1.92 bits per heavy atom. The summed E-state index contributed by atoms with van der Waals surface area (Å²) in [5, 5.41) is 9.51. The second kappa shape index (κ2) is 2.74. The maximum Gasteiger partial charge on any atom is 0.119 e. The van der Waals surface area contributed by atoms with Crippen molar-refractivity contribution < 1.29 is 5.11 Å². The van der Waals surface area contributed by atoms with Crippen molar-refractivity contribution in [3.63, 3.8) is 0 Å². The van der Waals surface area contributed by atoms with E-state index in [1.54, 1.807) is 6.07 Å². The molecule has 1 aromatic rings. The Morgan fingerprint density at radius 3 is 2.42 bits per heavy atom. The molecule has 1 fully saturated rings. The van der Waals surface area contributed by atoms with Crippen LogP contribution in [-0.4, -0.2) is 8.34 Å². The summed E-state index contributed by atoms with van der Waals surface area (Å²) in [4.78, 5) is 0. The molecule has 0 spiro atoms. The third-order valence-electron chi connectivity index (χ3n) is 2.14. The molecule has 0 aromatic heterocycles. The summed E-state index contributed by atoms with van der Waals surface area (Å²) in [6.45, 7) is 0. The second-order valence-corrected chi connectivity index (χ2v) is 6.97. The van der Waals surface area contributed by atoms with Crippen molar-refractivity contribution in [2.24, 2.45) is 0 Å². The summed E-state index contributed by atoms with van der Waals surface area (Å²) in [6, 6.07) is 7.48. The molecular weight excluding hydrogens is 284 g/mol. The van der Waals surface area contributed by atoms with Gasteiger partial charge >= 0.3 is 0 Å². The van der Waals surface area contributed by atoms with Gasteiger partial charge in [-0.05, 0) is 18.1 Å². The lowest BCUT2D eigenvalue weighted by Gasteiger charge is -2.03. The molecule has 0 amide bonds. The van der Waals surface area contributed by atoms with Gasteiger partial charge in [-0.2, -0.15) is 0 Å². The molecule has 1 saturated carbocycles. The lowest BCUT2D eigenvalue weighted by Crippen LogP contribution is -1.88. The predicted molar refractivity (Wildman–Crippen MR) is 56.0 cm³/mol. The molecule has 1 nitrogen and oxygen atoms in total. The van der Waals surface area contributed by atoms with Crippen molar-refractivity contribution >= 4 is 31.9 Å². The Bertz CT molecular complexity index is 309. The number of hydrogen-bond acceptors (Lipinski definition) is 1. The molecule has 0 saturated heterocycles. The Balaban J connectivity index is 2.31. The van der Waals surface area contributed by atoms with Crippen molar-refractivity contribution in [1.29, 1.82) is 0 Å². The van der Waals surface area contributed by atoms with E-state index in [-0.39, 0.29) is 3.23 Å². The molecule has 0 bridgehead atoms. The second-order valence-electron chi connectivity index (χ2n) is 3.08. The van der Waals surface area contributed by atoms with E-state index in [0.717, 1.165) is 12.0 Å². The number of para-hydroxylation sites is 1. The first kappa shape index (κ1) is 8.57. The molecule has 2 rings (SSSR count). The zero-order valence-corrected chi connectivity index (χ0v) is 9.47. The van der Waals surface area contributed by atoms with Crippen LogP contribution in [0.5, 0.6) is 5.75 Å². The van der Waals surface area contributed by atoms with Crippen LogP contribution < -0.4 is 0 Å². The number of halogens is 2. The highest BCUT2D eigenvalue weighted by Crippen LogP contribution is 2.63. The zero-order valence-electron chi connectivity index (χ0n) is 6.30. The molecule has 0 aliphatic heterocycles. The Kier molecular flexibility index (Phi) is 1.96. The van der Waals surface area contributed by atoms with Crippen LogP contribution in [0.1, 0.15) is 17.9 Å². The van der Waals surface area contributed by atoms with E-state index < -0.39 is 0 Å². The molecule has 12 heavy (non-hydrogen) atoms. The van der Waals surface area contributed by atoms with Gasteiger partial charge in [-0.15, -0.1) is 0 Å². The topological polar surface area (TPSA) is 20.2 Å². The number of rotatable bonds is 1. The summed E-state index contributed by atoms with van der Waals surface area (Å²) >= 11 is 7.06. The van der Waals surface area contributed by atoms with Crippen molar-refractivity contribution in [2.45, 2.75) is 15.6 Å². The van der Waals surface area contributed by atoms with E-state index >= 15 is 0 Å². The van der Waals surface area contributed by atoms with Crippen LogP contribution >= 0.6 is 31.9 Å². The lowest BCUT2D eigenvalue weighted by atomic mass is 10.1. The summed E-state index contributed by atoms with van der Waals surface area (Å²) in [5.41, 5.74) is 1.02. The highest BCUT2D eigenvalue weighted by atomic mass is 79.9. The van der Waals surface area contributed by atoms with Gasteiger partial charge in [-0.25, -0.2) is 0 Å². The number of phenols is 1. The standard InChI is InChI=1S/C9H8Br2O/c10-9(11)5-7(9)6-3-1-2-4-8(6)12/h1-4,7,12H,5H2. The molecule has 1 atom stereocenters. The van der Waals surface area contributed by atoms with E-state index in [1.807, 2.05) is 18.2 Å². The quantitative estimate of drug-likeness (QED) is 0.787. The number of benzene rings is 1. The third-order valence-corrected chi connectivity index (χ3v) is 3.89.